The van der Waals surface area contributed by atoms with Crippen molar-refractivity contribution < 1.29 is 19.1 Å². The van der Waals surface area contributed by atoms with E-state index in [1.54, 1.807) is 36.1 Å². The van der Waals surface area contributed by atoms with E-state index in [1.165, 1.54) is 7.11 Å². The van der Waals surface area contributed by atoms with Crippen LogP contribution in [0.25, 0.3) is 0 Å². The Morgan fingerprint density at radius 2 is 1.82 bits per heavy atom. The molecule has 1 aromatic rings. The number of esters is 1. The second-order valence-electron chi connectivity index (χ2n) is 5.34. The molecular weight excluding hydrogens is 306 g/mol. The van der Waals surface area contributed by atoms with Gasteiger partial charge in [0.1, 0.15) is 5.75 Å². The van der Waals surface area contributed by atoms with E-state index in [2.05, 4.69) is 0 Å². The summed E-state index contributed by atoms with van der Waals surface area (Å²) < 4.78 is 10.4. The van der Waals surface area contributed by atoms with Crippen LogP contribution in [0.2, 0.25) is 5.02 Å². The average molecular weight is 326 g/mol. The van der Waals surface area contributed by atoms with Gasteiger partial charge in [0.15, 0.2) is 6.10 Å². The molecule has 0 spiro atoms. The SMILES string of the molecule is COC(=O)C1CCN(C(=O)C(C)Oc2ccc(Cl)cc2)CC1. The molecule has 1 aromatic carbocycles. The van der Waals surface area contributed by atoms with Gasteiger partial charge in [-0.15, -0.1) is 0 Å². The summed E-state index contributed by atoms with van der Waals surface area (Å²) in [5, 5.41) is 0.621. The second-order valence-corrected chi connectivity index (χ2v) is 5.77. The molecule has 1 atom stereocenters. The third kappa shape index (κ3) is 4.13. The molecule has 0 N–H and O–H groups in total. The van der Waals surface area contributed by atoms with Crippen LogP contribution in [0, 0.1) is 5.92 Å². The van der Waals surface area contributed by atoms with Gasteiger partial charge in [0, 0.05) is 18.1 Å². The quantitative estimate of drug-likeness (QED) is 0.798. The summed E-state index contributed by atoms with van der Waals surface area (Å²) in [4.78, 5) is 25.6. The lowest BCUT2D eigenvalue weighted by Crippen LogP contribution is -2.45. The minimum absolute atomic E-state index is 0.0711. The van der Waals surface area contributed by atoms with E-state index in [0.29, 0.717) is 36.7 Å². The van der Waals surface area contributed by atoms with Crippen molar-refractivity contribution in [1.29, 1.82) is 0 Å². The van der Waals surface area contributed by atoms with Crippen molar-refractivity contribution in [3.63, 3.8) is 0 Å². The Balaban J connectivity index is 1.86. The topological polar surface area (TPSA) is 55.8 Å². The molecule has 1 heterocycles. The number of carbonyl (C=O) groups excluding carboxylic acids is 2. The minimum Gasteiger partial charge on any atom is -0.481 e. The number of amides is 1. The Kier molecular flexibility index (Phi) is 5.66. The molecule has 1 saturated heterocycles. The fourth-order valence-corrected chi connectivity index (χ4v) is 2.65. The zero-order valence-electron chi connectivity index (χ0n) is 12.8. The molecule has 1 fully saturated rings. The van der Waals surface area contributed by atoms with Crippen molar-refractivity contribution in [3.8, 4) is 5.75 Å². The van der Waals surface area contributed by atoms with Gasteiger partial charge in [-0.1, -0.05) is 11.6 Å². The Morgan fingerprint density at radius 1 is 1.23 bits per heavy atom. The normalized spacial score (nSPS) is 17.0. The number of nitrogens with zero attached hydrogens (tertiary/aromatic N) is 1. The van der Waals surface area contributed by atoms with Crippen LogP contribution >= 0.6 is 11.6 Å². The summed E-state index contributed by atoms with van der Waals surface area (Å²) in [5.41, 5.74) is 0. The van der Waals surface area contributed by atoms with Crippen molar-refractivity contribution in [2.45, 2.75) is 25.9 Å². The number of rotatable bonds is 4. The predicted molar refractivity (Wildman–Crippen MR) is 82.9 cm³/mol. The first-order chi connectivity index (χ1) is 10.5. The number of carbonyl (C=O) groups is 2. The molecule has 0 aliphatic carbocycles. The van der Waals surface area contributed by atoms with Crippen molar-refractivity contribution >= 4 is 23.5 Å². The maximum atomic E-state index is 12.4. The highest BCUT2D eigenvalue weighted by Gasteiger charge is 2.30. The minimum atomic E-state index is -0.573. The number of likely N-dealkylation sites (tertiary alicyclic amines) is 1. The highest BCUT2D eigenvalue weighted by atomic mass is 35.5. The Labute approximate surface area is 135 Å². The van der Waals surface area contributed by atoms with E-state index < -0.39 is 6.10 Å². The number of hydrogen-bond donors (Lipinski definition) is 0. The fraction of sp³-hybridized carbons (Fsp3) is 0.500. The molecule has 22 heavy (non-hydrogen) atoms. The van der Waals surface area contributed by atoms with E-state index in [-0.39, 0.29) is 17.8 Å². The van der Waals surface area contributed by atoms with Crippen LogP contribution in [0.4, 0.5) is 0 Å². The first-order valence-electron chi connectivity index (χ1n) is 7.30. The lowest BCUT2D eigenvalue weighted by Gasteiger charge is -2.32. The molecule has 0 bridgehead atoms. The van der Waals surface area contributed by atoms with Gasteiger partial charge in [-0.05, 0) is 44.0 Å². The number of halogens is 1. The number of methoxy groups -OCH3 is 1. The zero-order chi connectivity index (χ0) is 16.1. The van der Waals surface area contributed by atoms with Gasteiger partial charge in [0.2, 0.25) is 0 Å². The predicted octanol–water partition coefficient (Wildman–Crippen LogP) is 2.52. The summed E-state index contributed by atoms with van der Waals surface area (Å²) in [6.45, 7) is 2.82. The van der Waals surface area contributed by atoms with Crippen molar-refractivity contribution in [3.05, 3.63) is 29.3 Å². The molecule has 1 aliphatic heterocycles. The van der Waals surface area contributed by atoms with Crippen LogP contribution in [-0.2, 0) is 14.3 Å². The van der Waals surface area contributed by atoms with Gasteiger partial charge in [0.25, 0.3) is 5.91 Å². The third-order valence-electron chi connectivity index (χ3n) is 3.82. The largest absolute Gasteiger partial charge is 0.481 e. The van der Waals surface area contributed by atoms with E-state index >= 15 is 0 Å². The second kappa shape index (κ2) is 7.49. The van der Waals surface area contributed by atoms with Crippen LogP contribution in [0.5, 0.6) is 5.75 Å². The third-order valence-corrected chi connectivity index (χ3v) is 4.07. The summed E-state index contributed by atoms with van der Waals surface area (Å²) in [7, 11) is 1.39. The van der Waals surface area contributed by atoms with Gasteiger partial charge in [-0.2, -0.15) is 0 Å². The number of hydrogen-bond acceptors (Lipinski definition) is 4. The summed E-state index contributed by atoms with van der Waals surface area (Å²) >= 11 is 5.82. The van der Waals surface area contributed by atoms with E-state index in [9.17, 15) is 9.59 Å². The van der Waals surface area contributed by atoms with Gasteiger partial charge >= 0.3 is 5.97 Å². The monoisotopic (exact) mass is 325 g/mol. The maximum Gasteiger partial charge on any atom is 0.308 e. The number of benzene rings is 1. The smallest absolute Gasteiger partial charge is 0.308 e. The van der Waals surface area contributed by atoms with Crippen LogP contribution in [-0.4, -0.2) is 43.1 Å². The lowest BCUT2D eigenvalue weighted by molar-refractivity contribution is -0.150. The average Bonchev–Trinajstić information content (AvgIpc) is 2.55. The molecule has 1 aliphatic rings. The summed E-state index contributed by atoms with van der Waals surface area (Å²) in [6, 6.07) is 6.90. The molecule has 120 valence electrons. The molecule has 5 nitrogen and oxygen atoms in total. The van der Waals surface area contributed by atoms with E-state index in [0.717, 1.165) is 0 Å². The molecule has 0 radical (unpaired) electrons. The van der Waals surface area contributed by atoms with Crippen LogP contribution < -0.4 is 4.74 Å². The molecule has 2 rings (SSSR count). The molecule has 0 aromatic heterocycles. The van der Waals surface area contributed by atoms with Gasteiger partial charge < -0.3 is 14.4 Å². The van der Waals surface area contributed by atoms with E-state index in [1.807, 2.05) is 0 Å². The summed E-state index contributed by atoms with van der Waals surface area (Å²) in [6.07, 6.45) is 0.689. The van der Waals surface area contributed by atoms with Crippen molar-refractivity contribution in [1.82, 2.24) is 4.90 Å². The highest BCUT2D eigenvalue weighted by molar-refractivity contribution is 6.30. The lowest BCUT2D eigenvalue weighted by atomic mass is 9.97. The van der Waals surface area contributed by atoms with Crippen LogP contribution in [0.1, 0.15) is 19.8 Å². The molecular formula is C16H20ClNO4. The summed E-state index contributed by atoms with van der Waals surface area (Å²) in [5.74, 6) is 0.229. The zero-order valence-corrected chi connectivity index (χ0v) is 13.5. The Morgan fingerprint density at radius 3 is 2.36 bits per heavy atom. The fourth-order valence-electron chi connectivity index (χ4n) is 2.53. The molecule has 0 saturated carbocycles. The first-order valence-corrected chi connectivity index (χ1v) is 7.68. The maximum absolute atomic E-state index is 12.4. The van der Waals surface area contributed by atoms with Crippen molar-refractivity contribution in [2.24, 2.45) is 5.92 Å². The number of ether oxygens (including phenoxy) is 2. The molecule has 1 unspecified atom stereocenters. The number of piperidine rings is 1. The van der Waals surface area contributed by atoms with Crippen LogP contribution in [0.3, 0.4) is 0 Å². The van der Waals surface area contributed by atoms with Gasteiger partial charge in [-0.25, -0.2) is 0 Å². The van der Waals surface area contributed by atoms with Crippen LogP contribution in [0.15, 0.2) is 24.3 Å². The van der Waals surface area contributed by atoms with Crippen molar-refractivity contribution in [2.75, 3.05) is 20.2 Å². The molecule has 6 heteroatoms. The first kappa shape index (κ1) is 16.6. The van der Waals surface area contributed by atoms with Gasteiger partial charge in [-0.3, -0.25) is 9.59 Å². The Hall–Kier alpha value is -1.75. The van der Waals surface area contributed by atoms with E-state index in [4.69, 9.17) is 21.1 Å². The molecule has 1 amide bonds. The van der Waals surface area contributed by atoms with Gasteiger partial charge in [0.05, 0.1) is 13.0 Å². The standard InChI is InChI=1S/C16H20ClNO4/c1-11(22-14-5-3-13(17)4-6-14)15(19)18-9-7-12(8-10-18)16(20)21-2/h3-6,11-12H,7-10H2,1-2H3. The Bertz CT molecular complexity index is 523. The highest BCUT2D eigenvalue weighted by Crippen LogP contribution is 2.21.